The summed E-state index contributed by atoms with van der Waals surface area (Å²) < 4.78 is 19.7. The topological polar surface area (TPSA) is 95.3 Å². The summed E-state index contributed by atoms with van der Waals surface area (Å²) in [4.78, 5) is 30.2. The van der Waals surface area contributed by atoms with Gasteiger partial charge < -0.3 is 10.1 Å². The van der Waals surface area contributed by atoms with Gasteiger partial charge in [0.1, 0.15) is 23.2 Å². The molecule has 1 N–H and O–H groups in total. The van der Waals surface area contributed by atoms with Crippen LogP contribution in [0.4, 0.5) is 20.9 Å². The summed E-state index contributed by atoms with van der Waals surface area (Å²) in [6.45, 7) is 3.54. The number of ether oxygens (including phenoxy) is 1. The van der Waals surface area contributed by atoms with Crippen LogP contribution in [-0.4, -0.2) is 23.4 Å². The van der Waals surface area contributed by atoms with Crippen molar-refractivity contribution >= 4 is 45.7 Å². The maximum Gasteiger partial charge on any atom is 0.266 e. The summed E-state index contributed by atoms with van der Waals surface area (Å²) >= 11 is 1.09. The third-order valence-corrected chi connectivity index (χ3v) is 5.05. The lowest BCUT2D eigenvalue weighted by molar-refractivity contribution is -0.116. The first-order chi connectivity index (χ1) is 15.4. The number of benzene rings is 2. The number of halogens is 1. The van der Waals surface area contributed by atoms with E-state index in [1.54, 1.807) is 35.7 Å². The molecule has 1 aromatic heterocycles. The number of nitrogens with zero attached hydrogens (tertiary/aromatic N) is 3. The van der Waals surface area contributed by atoms with E-state index in [1.165, 1.54) is 31.2 Å². The van der Waals surface area contributed by atoms with Gasteiger partial charge in [0.15, 0.2) is 5.13 Å². The van der Waals surface area contributed by atoms with Gasteiger partial charge in [-0.2, -0.15) is 5.26 Å². The normalized spacial score (nSPS) is 10.9. The Hall–Kier alpha value is -4.03. The number of amides is 2. The van der Waals surface area contributed by atoms with Gasteiger partial charge >= 0.3 is 0 Å². The van der Waals surface area contributed by atoms with E-state index in [9.17, 15) is 19.2 Å². The molecule has 0 atom stereocenters. The molecule has 0 aliphatic carbocycles. The molecule has 0 aliphatic heterocycles. The van der Waals surface area contributed by atoms with Crippen LogP contribution in [-0.2, 0) is 9.59 Å². The van der Waals surface area contributed by atoms with Crippen LogP contribution in [0.15, 0.2) is 59.5 Å². The summed E-state index contributed by atoms with van der Waals surface area (Å²) in [5.41, 5.74) is 0.600. The molecule has 0 radical (unpaired) electrons. The first-order valence-corrected chi connectivity index (χ1v) is 10.5. The molecule has 7 nitrogen and oxygen atoms in total. The third-order valence-electron chi connectivity index (χ3n) is 4.20. The lowest BCUT2D eigenvalue weighted by Crippen LogP contribution is -2.23. The molecule has 9 heteroatoms. The first-order valence-electron chi connectivity index (χ1n) is 9.60. The minimum atomic E-state index is -0.633. The number of nitrogens with one attached hydrogen (secondary N) is 1. The van der Waals surface area contributed by atoms with Crippen LogP contribution in [0.2, 0.25) is 0 Å². The zero-order valence-electron chi connectivity index (χ0n) is 17.3. The molecule has 2 aromatic carbocycles. The van der Waals surface area contributed by atoms with Gasteiger partial charge in [-0.1, -0.05) is 24.3 Å². The molecule has 0 bridgehead atoms. The summed E-state index contributed by atoms with van der Waals surface area (Å²) in [6.07, 6.45) is 1.30. The average molecular weight is 450 g/mol. The predicted octanol–water partition coefficient (Wildman–Crippen LogP) is 4.91. The summed E-state index contributed by atoms with van der Waals surface area (Å²) in [6, 6.07) is 14.6. The summed E-state index contributed by atoms with van der Waals surface area (Å²) in [7, 11) is 0. The van der Waals surface area contributed by atoms with E-state index >= 15 is 0 Å². The zero-order chi connectivity index (χ0) is 23.1. The van der Waals surface area contributed by atoms with Crippen molar-refractivity contribution in [1.82, 2.24) is 4.98 Å². The van der Waals surface area contributed by atoms with Gasteiger partial charge in [-0.3, -0.25) is 14.5 Å². The summed E-state index contributed by atoms with van der Waals surface area (Å²) in [5.74, 6) is -1.14. The Morgan fingerprint density at radius 1 is 1.25 bits per heavy atom. The fraction of sp³-hybridized carbons (Fsp3) is 0.130. The molecule has 162 valence electrons. The van der Waals surface area contributed by atoms with Crippen LogP contribution in [0.3, 0.4) is 0 Å². The van der Waals surface area contributed by atoms with Gasteiger partial charge in [-0.05, 0) is 37.3 Å². The van der Waals surface area contributed by atoms with Crippen molar-refractivity contribution in [3.8, 4) is 11.8 Å². The monoisotopic (exact) mass is 450 g/mol. The molecule has 0 saturated heterocycles. The lowest BCUT2D eigenvalue weighted by atomic mass is 10.2. The van der Waals surface area contributed by atoms with Gasteiger partial charge in [-0.25, -0.2) is 9.37 Å². The van der Waals surface area contributed by atoms with Crippen molar-refractivity contribution in [1.29, 1.82) is 5.26 Å². The molecular weight excluding hydrogens is 431 g/mol. The smallest absolute Gasteiger partial charge is 0.266 e. The number of anilines is 3. The molecule has 0 unspecified atom stereocenters. The number of aromatic nitrogens is 1. The van der Waals surface area contributed by atoms with E-state index in [0.29, 0.717) is 18.0 Å². The van der Waals surface area contributed by atoms with Gasteiger partial charge in [0.25, 0.3) is 5.91 Å². The minimum absolute atomic E-state index is 0.0654. The van der Waals surface area contributed by atoms with Crippen LogP contribution >= 0.6 is 11.3 Å². The van der Waals surface area contributed by atoms with E-state index in [4.69, 9.17) is 4.74 Å². The van der Waals surface area contributed by atoms with Crippen molar-refractivity contribution < 1.29 is 18.7 Å². The highest BCUT2D eigenvalue weighted by Gasteiger charge is 2.21. The minimum Gasteiger partial charge on any atom is -0.492 e. The largest absolute Gasteiger partial charge is 0.492 e. The summed E-state index contributed by atoms with van der Waals surface area (Å²) in [5, 5.41) is 13.9. The fourth-order valence-electron chi connectivity index (χ4n) is 2.82. The number of para-hydroxylation sites is 3. The van der Waals surface area contributed by atoms with Crippen molar-refractivity contribution in [2.24, 2.45) is 0 Å². The average Bonchev–Trinajstić information content (AvgIpc) is 3.23. The van der Waals surface area contributed by atoms with Gasteiger partial charge in [-0.15, -0.1) is 11.3 Å². The lowest BCUT2D eigenvalue weighted by Gasteiger charge is -2.18. The van der Waals surface area contributed by atoms with Crippen LogP contribution in [0, 0.1) is 17.1 Å². The number of hydrogen-bond donors (Lipinski definition) is 1. The molecule has 1 heterocycles. The van der Waals surface area contributed by atoms with E-state index in [0.717, 1.165) is 16.2 Å². The molecule has 0 aliphatic rings. The van der Waals surface area contributed by atoms with Crippen molar-refractivity contribution in [2.45, 2.75) is 13.8 Å². The van der Waals surface area contributed by atoms with Crippen LogP contribution in [0.1, 0.15) is 19.5 Å². The van der Waals surface area contributed by atoms with Crippen molar-refractivity contribution in [2.75, 3.05) is 16.8 Å². The highest BCUT2D eigenvalue weighted by atomic mass is 32.1. The number of carbonyl (C=O) groups is 2. The van der Waals surface area contributed by atoms with E-state index in [2.05, 4.69) is 10.3 Å². The molecule has 0 fully saturated rings. The molecule has 0 spiro atoms. The number of carbonyl (C=O) groups excluding carboxylic acids is 2. The quantitative estimate of drug-likeness (QED) is 0.408. The zero-order valence-corrected chi connectivity index (χ0v) is 18.1. The molecule has 3 rings (SSSR count). The van der Waals surface area contributed by atoms with Crippen molar-refractivity contribution in [3.63, 3.8) is 0 Å². The Balaban J connectivity index is 1.86. The molecule has 0 saturated carbocycles. The molecule has 3 aromatic rings. The Morgan fingerprint density at radius 2 is 1.97 bits per heavy atom. The van der Waals surface area contributed by atoms with E-state index in [1.807, 2.05) is 13.0 Å². The third kappa shape index (κ3) is 5.17. The maximum absolute atomic E-state index is 14.2. The Kier molecular flexibility index (Phi) is 7.31. The second-order valence-electron chi connectivity index (χ2n) is 6.41. The van der Waals surface area contributed by atoms with Crippen LogP contribution in [0.5, 0.6) is 5.75 Å². The number of rotatable bonds is 7. The SMILES string of the molecule is CCOc1ccccc1NC(=O)/C(C#N)=C/c1csc(N(C(C)=O)c2ccccc2F)n1. The van der Waals surface area contributed by atoms with Gasteiger partial charge in [0.05, 0.1) is 23.7 Å². The van der Waals surface area contributed by atoms with Crippen LogP contribution < -0.4 is 15.0 Å². The van der Waals surface area contributed by atoms with E-state index in [-0.39, 0.29) is 22.1 Å². The molecule has 32 heavy (non-hydrogen) atoms. The van der Waals surface area contributed by atoms with E-state index < -0.39 is 17.6 Å². The number of nitriles is 1. The first kappa shape index (κ1) is 22.7. The second kappa shape index (κ2) is 10.3. The Bertz CT molecular complexity index is 1220. The van der Waals surface area contributed by atoms with Crippen LogP contribution in [0.25, 0.3) is 6.08 Å². The van der Waals surface area contributed by atoms with Gasteiger partial charge in [0.2, 0.25) is 5.91 Å². The maximum atomic E-state index is 14.2. The fourth-order valence-corrected chi connectivity index (χ4v) is 3.66. The highest BCUT2D eigenvalue weighted by molar-refractivity contribution is 7.14. The predicted molar refractivity (Wildman–Crippen MR) is 121 cm³/mol. The standard InChI is InChI=1S/C23H19FN4O3S/c1-3-31-21-11-7-5-9-19(21)27-22(30)16(13-25)12-17-14-32-23(26-17)28(15(2)29)20-10-6-4-8-18(20)24/h4-12,14H,3H2,1-2H3,(H,27,30)/b16-12+. The number of thiazole rings is 1. The van der Waals surface area contributed by atoms with Gasteiger partial charge in [0, 0.05) is 12.3 Å². The molecular formula is C23H19FN4O3S. The Labute approximate surface area is 188 Å². The number of hydrogen-bond acceptors (Lipinski definition) is 6. The molecule has 2 amide bonds. The highest BCUT2D eigenvalue weighted by Crippen LogP contribution is 2.31. The second-order valence-corrected chi connectivity index (χ2v) is 7.25. The Morgan fingerprint density at radius 3 is 2.66 bits per heavy atom. The van der Waals surface area contributed by atoms with Crippen molar-refractivity contribution in [3.05, 3.63) is 71.0 Å².